The van der Waals surface area contributed by atoms with E-state index in [2.05, 4.69) is 0 Å². The summed E-state index contributed by atoms with van der Waals surface area (Å²) in [4.78, 5) is 0. The van der Waals surface area contributed by atoms with Gasteiger partial charge in [0, 0.05) is 0 Å². The highest BCUT2D eigenvalue weighted by Crippen LogP contribution is 2.56. The van der Waals surface area contributed by atoms with Crippen molar-refractivity contribution in [2.24, 2.45) is 0 Å². The Morgan fingerprint density at radius 3 is 1.33 bits per heavy atom. The highest BCUT2D eigenvalue weighted by molar-refractivity contribution is 8.11. The number of sulfonamides is 2. The summed E-state index contributed by atoms with van der Waals surface area (Å²) in [6, 6.07) is 1.96. The van der Waals surface area contributed by atoms with Gasteiger partial charge in [0.05, 0.1) is 5.69 Å². The van der Waals surface area contributed by atoms with Crippen LogP contribution in [0.3, 0.4) is 0 Å². The molecule has 0 aliphatic rings. The topological polar surface area (TPSA) is 71.5 Å². The molecule has 0 bridgehead atoms. The minimum Gasteiger partial charge on any atom is -0.199 e. The van der Waals surface area contributed by atoms with Crippen molar-refractivity contribution in [2.75, 3.05) is 3.71 Å². The van der Waals surface area contributed by atoms with Crippen molar-refractivity contribution >= 4 is 25.7 Å². The molecular formula is C11H5F12NO4S2. The highest BCUT2D eigenvalue weighted by Gasteiger charge is 2.86. The Bertz CT molecular complexity index is 983. The van der Waals surface area contributed by atoms with Crippen molar-refractivity contribution < 1.29 is 69.5 Å². The van der Waals surface area contributed by atoms with Gasteiger partial charge in [-0.05, 0) is 12.1 Å². The lowest BCUT2D eigenvalue weighted by Crippen LogP contribution is -2.66. The molecule has 0 spiro atoms. The summed E-state index contributed by atoms with van der Waals surface area (Å²) in [5, 5.41) is -7.70. The number of halogens is 12. The third kappa shape index (κ3) is 3.65. The molecule has 19 heteroatoms. The fraction of sp³-hybridized carbons (Fsp3) is 0.455. The molecule has 1 aromatic carbocycles. The maximum atomic E-state index is 13.9. The lowest BCUT2D eigenvalue weighted by molar-refractivity contribution is -0.382. The number of hydrogen-bond donors (Lipinski definition) is 0. The lowest BCUT2D eigenvalue weighted by atomic mass is 10.1. The summed E-state index contributed by atoms with van der Waals surface area (Å²) in [5.74, 6) is -15.7. The fourth-order valence-electron chi connectivity index (χ4n) is 1.68. The van der Waals surface area contributed by atoms with Crippen molar-refractivity contribution in [3.8, 4) is 0 Å². The second-order valence-electron chi connectivity index (χ2n) is 5.15. The maximum Gasteiger partial charge on any atom is 0.517 e. The minimum absolute atomic E-state index is 0.0387. The highest BCUT2D eigenvalue weighted by atomic mass is 32.3. The molecule has 0 saturated heterocycles. The van der Waals surface area contributed by atoms with Gasteiger partial charge in [-0.2, -0.15) is 73.2 Å². The number of rotatable bonds is 6. The first-order valence-corrected chi connectivity index (χ1v) is 9.47. The molecule has 0 unspecified atom stereocenters. The normalized spacial score (nSPS) is 15.2. The van der Waals surface area contributed by atoms with Crippen LogP contribution in [-0.4, -0.2) is 45.6 Å². The Balaban J connectivity index is 3.94. The van der Waals surface area contributed by atoms with Crippen molar-refractivity contribution in [1.29, 1.82) is 0 Å². The van der Waals surface area contributed by atoms with E-state index < -0.39 is 58.2 Å². The molecule has 0 fully saturated rings. The van der Waals surface area contributed by atoms with E-state index in [0.717, 1.165) is 6.07 Å². The van der Waals surface area contributed by atoms with E-state index >= 15 is 0 Å². The van der Waals surface area contributed by atoms with Crippen LogP contribution >= 0.6 is 0 Å². The molecule has 0 aliphatic carbocycles. The molecule has 0 aliphatic heterocycles. The summed E-state index contributed by atoms with van der Waals surface area (Å²) in [5.41, 5.74) is -8.71. The Hall–Kier alpha value is -1.92. The second-order valence-corrected chi connectivity index (χ2v) is 8.99. The van der Waals surface area contributed by atoms with Crippen LogP contribution < -0.4 is 3.71 Å². The first-order chi connectivity index (χ1) is 13.0. The molecule has 0 N–H and O–H groups in total. The summed E-state index contributed by atoms with van der Waals surface area (Å²) in [6.07, 6.45) is -7.50. The molecular weight excluding hydrogens is 502 g/mol. The van der Waals surface area contributed by atoms with Crippen LogP contribution in [0.25, 0.3) is 0 Å². The van der Waals surface area contributed by atoms with Crippen LogP contribution in [0.1, 0.15) is 0 Å². The molecule has 0 atom stereocenters. The molecule has 0 heterocycles. The third-order valence-electron chi connectivity index (χ3n) is 3.14. The zero-order chi connectivity index (χ0) is 24.2. The van der Waals surface area contributed by atoms with E-state index in [4.69, 9.17) is 0 Å². The van der Waals surface area contributed by atoms with Gasteiger partial charge in [-0.3, -0.25) is 0 Å². The first-order valence-electron chi connectivity index (χ1n) is 6.59. The van der Waals surface area contributed by atoms with Crippen LogP contribution in [0.5, 0.6) is 0 Å². The largest absolute Gasteiger partial charge is 0.517 e. The molecule has 0 amide bonds. The molecule has 0 saturated carbocycles. The summed E-state index contributed by atoms with van der Waals surface area (Å²) in [6.45, 7) is 0. The Kier molecular flexibility index (Phi) is 6.15. The van der Waals surface area contributed by atoms with E-state index in [1.807, 2.05) is 0 Å². The van der Waals surface area contributed by atoms with Crippen molar-refractivity contribution in [1.82, 2.24) is 0 Å². The number of hydrogen-bond acceptors (Lipinski definition) is 4. The predicted molar refractivity (Wildman–Crippen MR) is 73.7 cm³/mol. The number of alkyl halides is 12. The molecule has 5 nitrogen and oxygen atoms in total. The van der Waals surface area contributed by atoms with Gasteiger partial charge >= 0.3 is 48.8 Å². The summed E-state index contributed by atoms with van der Waals surface area (Å²) in [7, 11) is -15.7. The van der Waals surface area contributed by atoms with E-state index in [1.165, 1.54) is 0 Å². The molecule has 174 valence electrons. The van der Waals surface area contributed by atoms with Gasteiger partial charge < -0.3 is 0 Å². The summed E-state index contributed by atoms with van der Waals surface area (Å²) >= 11 is 0. The fourth-order valence-corrected chi connectivity index (χ4v) is 4.89. The molecule has 0 aromatic heterocycles. The van der Waals surface area contributed by atoms with Gasteiger partial charge in [0.15, 0.2) is 0 Å². The number of para-hydroxylation sites is 1. The quantitative estimate of drug-likeness (QED) is 0.544. The standard InChI is InChI=1S/C11H5F12NO4S2/c12-7(13,9(16,17)18)8(14,15)10(19,20)29(25,26)24(6-4-2-1-3-5-6)30(27,28)11(21,22)23/h1-5H. The summed E-state index contributed by atoms with van der Waals surface area (Å²) < 4.78 is 199. The number of nitrogens with zero attached hydrogens (tertiary/aromatic N) is 1. The predicted octanol–water partition coefficient (Wildman–Crippen LogP) is 4.10. The van der Waals surface area contributed by atoms with Crippen LogP contribution in [0.4, 0.5) is 58.4 Å². The molecule has 0 radical (unpaired) electrons. The van der Waals surface area contributed by atoms with Crippen molar-refractivity contribution in [2.45, 2.75) is 28.8 Å². The van der Waals surface area contributed by atoms with Gasteiger partial charge in [0.25, 0.3) is 0 Å². The Morgan fingerprint density at radius 1 is 0.600 bits per heavy atom. The lowest BCUT2D eigenvalue weighted by Gasteiger charge is -2.35. The minimum atomic E-state index is -8.13. The van der Waals surface area contributed by atoms with Gasteiger partial charge in [-0.1, -0.05) is 18.2 Å². The molecule has 1 aromatic rings. The van der Waals surface area contributed by atoms with Crippen molar-refractivity contribution in [3.63, 3.8) is 0 Å². The average molecular weight is 507 g/mol. The zero-order valence-corrected chi connectivity index (χ0v) is 15.0. The van der Waals surface area contributed by atoms with E-state index in [-0.39, 0.29) is 12.1 Å². The van der Waals surface area contributed by atoms with Crippen LogP contribution in [-0.2, 0) is 20.0 Å². The average Bonchev–Trinajstić information content (AvgIpc) is 2.52. The second kappa shape index (κ2) is 7.06. The Labute approximate surface area is 159 Å². The zero-order valence-electron chi connectivity index (χ0n) is 13.3. The Morgan fingerprint density at radius 2 is 1.00 bits per heavy atom. The van der Waals surface area contributed by atoms with Crippen molar-refractivity contribution in [3.05, 3.63) is 30.3 Å². The monoisotopic (exact) mass is 507 g/mol. The number of benzene rings is 1. The van der Waals surface area contributed by atoms with Gasteiger partial charge in [0.2, 0.25) is 0 Å². The van der Waals surface area contributed by atoms with Crippen LogP contribution in [0.15, 0.2) is 30.3 Å². The molecule has 30 heavy (non-hydrogen) atoms. The van der Waals surface area contributed by atoms with Crippen LogP contribution in [0, 0.1) is 0 Å². The van der Waals surface area contributed by atoms with E-state index in [9.17, 15) is 69.5 Å². The van der Waals surface area contributed by atoms with Gasteiger partial charge in [0.1, 0.15) is 0 Å². The van der Waals surface area contributed by atoms with Crippen LogP contribution in [0.2, 0.25) is 0 Å². The van der Waals surface area contributed by atoms with E-state index in [0.29, 0.717) is 12.1 Å². The first kappa shape index (κ1) is 26.1. The van der Waals surface area contributed by atoms with E-state index in [1.54, 1.807) is 0 Å². The van der Waals surface area contributed by atoms with Gasteiger partial charge in [-0.15, -0.1) is 0 Å². The maximum absolute atomic E-state index is 13.9. The van der Waals surface area contributed by atoms with Gasteiger partial charge in [-0.25, -0.2) is 0 Å². The smallest absolute Gasteiger partial charge is 0.199 e. The SMILES string of the molecule is O=S(=O)(N(c1ccccc1)S(=O)(=O)C(F)(F)C(F)(F)C(F)(F)C(F)(F)F)C(F)(F)F. The number of anilines is 1. The third-order valence-corrected chi connectivity index (χ3v) is 7.10. The molecule has 1 rings (SSSR count).